The van der Waals surface area contributed by atoms with Crippen LogP contribution in [0.15, 0.2) is 48.2 Å². The average Bonchev–Trinajstić information content (AvgIpc) is 3.43. The second-order valence-electron chi connectivity index (χ2n) is 6.43. The van der Waals surface area contributed by atoms with Crippen LogP contribution in [-0.2, 0) is 6.54 Å². The van der Waals surface area contributed by atoms with E-state index in [4.69, 9.17) is 0 Å². The molecule has 0 saturated heterocycles. The Morgan fingerprint density at radius 1 is 1.21 bits per heavy atom. The number of ketones is 1. The summed E-state index contributed by atoms with van der Waals surface area (Å²) >= 11 is 1.51. The third kappa shape index (κ3) is 3.57. The van der Waals surface area contributed by atoms with Gasteiger partial charge in [0.25, 0.3) is 5.69 Å². The number of carbonyl (C=O) groups is 1. The highest BCUT2D eigenvalue weighted by Gasteiger charge is 2.19. The van der Waals surface area contributed by atoms with Crippen molar-refractivity contribution in [2.75, 3.05) is 0 Å². The molecule has 0 unspecified atom stereocenters. The van der Waals surface area contributed by atoms with Crippen molar-refractivity contribution in [3.8, 4) is 16.5 Å². The van der Waals surface area contributed by atoms with Gasteiger partial charge in [0.05, 0.1) is 4.92 Å². The summed E-state index contributed by atoms with van der Waals surface area (Å²) in [4.78, 5) is 31.7. The molecule has 0 atom stereocenters. The molecule has 4 aromatic rings. The predicted molar refractivity (Wildman–Crippen MR) is 107 cm³/mol. The maximum Gasteiger partial charge on any atom is 0.269 e. The summed E-state index contributed by atoms with van der Waals surface area (Å²) < 4.78 is 3.43. The molecule has 0 fully saturated rings. The van der Waals surface area contributed by atoms with Crippen LogP contribution in [0.2, 0.25) is 0 Å². The van der Waals surface area contributed by atoms with Gasteiger partial charge in [-0.2, -0.15) is 5.10 Å². The van der Waals surface area contributed by atoms with Crippen molar-refractivity contribution >= 4 is 22.8 Å². The van der Waals surface area contributed by atoms with Gasteiger partial charge in [0.15, 0.2) is 16.7 Å². The molecule has 0 bridgehead atoms. The summed E-state index contributed by atoms with van der Waals surface area (Å²) in [6.45, 7) is 3.88. The maximum atomic E-state index is 12.8. The second kappa shape index (κ2) is 7.40. The van der Waals surface area contributed by atoms with Crippen LogP contribution in [-0.4, -0.2) is 35.0 Å². The Morgan fingerprint density at radius 3 is 2.62 bits per heavy atom. The van der Waals surface area contributed by atoms with E-state index in [1.54, 1.807) is 18.3 Å². The highest BCUT2D eigenvalue weighted by molar-refractivity contribution is 7.12. The Hall–Kier alpha value is -3.66. The van der Waals surface area contributed by atoms with Crippen molar-refractivity contribution in [1.82, 2.24) is 24.3 Å². The second-order valence-corrected chi connectivity index (χ2v) is 7.30. The standard InChI is InChI=1S/C19H16N6O3S/c1-12-9-16(13(2)24(12)19-20-7-8-29-19)17(26)10-23-11-21-18(22-23)14-3-5-15(6-4-14)25(27)28/h3-9,11H,10H2,1-2H3. The number of hydrogen-bond donors (Lipinski definition) is 0. The number of nitro benzene ring substituents is 1. The molecule has 10 heteroatoms. The van der Waals surface area contributed by atoms with Crippen LogP contribution in [0, 0.1) is 24.0 Å². The van der Waals surface area contributed by atoms with Crippen molar-refractivity contribution in [3.05, 3.63) is 75.3 Å². The Bertz CT molecular complexity index is 1190. The first-order valence-electron chi connectivity index (χ1n) is 8.70. The summed E-state index contributed by atoms with van der Waals surface area (Å²) in [5.41, 5.74) is 3.02. The van der Waals surface area contributed by atoms with Crippen LogP contribution in [0.3, 0.4) is 0 Å². The number of rotatable bonds is 6. The average molecular weight is 408 g/mol. The lowest BCUT2D eigenvalue weighted by Crippen LogP contribution is -2.12. The Kier molecular flexibility index (Phi) is 4.77. The third-order valence-electron chi connectivity index (χ3n) is 4.52. The van der Waals surface area contributed by atoms with Gasteiger partial charge < -0.3 is 0 Å². The predicted octanol–water partition coefficient (Wildman–Crippen LogP) is 3.60. The van der Waals surface area contributed by atoms with Gasteiger partial charge in [-0.05, 0) is 32.0 Å². The van der Waals surface area contributed by atoms with Crippen LogP contribution < -0.4 is 0 Å². The topological polar surface area (TPSA) is 109 Å². The summed E-state index contributed by atoms with van der Waals surface area (Å²) in [5.74, 6) is 0.321. The maximum absolute atomic E-state index is 12.8. The van der Waals surface area contributed by atoms with Gasteiger partial charge in [-0.3, -0.25) is 19.5 Å². The van der Waals surface area contributed by atoms with E-state index in [1.165, 1.54) is 34.5 Å². The summed E-state index contributed by atoms with van der Waals surface area (Å²) in [7, 11) is 0. The number of benzene rings is 1. The van der Waals surface area contributed by atoms with E-state index in [2.05, 4.69) is 15.1 Å². The molecule has 3 aromatic heterocycles. The van der Waals surface area contributed by atoms with Crippen LogP contribution in [0.5, 0.6) is 0 Å². The lowest BCUT2D eigenvalue weighted by atomic mass is 10.1. The molecule has 0 spiro atoms. The van der Waals surface area contributed by atoms with Crippen molar-refractivity contribution in [3.63, 3.8) is 0 Å². The van der Waals surface area contributed by atoms with Gasteiger partial charge in [0.1, 0.15) is 12.9 Å². The number of nitrogens with zero attached hydrogens (tertiary/aromatic N) is 6. The van der Waals surface area contributed by atoms with E-state index in [-0.39, 0.29) is 18.0 Å². The minimum atomic E-state index is -0.462. The zero-order valence-corrected chi connectivity index (χ0v) is 16.5. The van der Waals surface area contributed by atoms with Gasteiger partial charge in [-0.15, -0.1) is 11.3 Å². The van der Waals surface area contributed by atoms with Crippen molar-refractivity contribution < 1.29 is 9.72 Å². The zero-order valence-electron chi connectivity index (χ0n) is 15.6. The SMILES string of the molecule is Cc1cc(C(=O)Cn2cnc(-c3ccc([N+](=O)[O-])cc3)n2)c(C)n1-c1nccs1. The molecule has 0 aliphatic rings. The summed E-state index contributed by atoms with van der Waals surface area (Å²) in [6, 6.07) is 7.82. The molecule has 29 heavy (non-hydrogen) atoms. The third-order valence-corrected chi connectivity index (χ3v) is 5.28. The first-order valence-corrected chi connectivity index (χ1v) is 9.58. The molecular weight excluding hydrogens is 392 g/mol. The minimum absolute atomic E-state index is 0.000974. The monoisotopic (exact) mass is 408 g/mol. The molecule has 1 aromatic carbocycles. The van der Waals surface area contributed by atoms with E-state index < -0.39 is 4.92 Å². The molecular formula is C19H16N6O3S. The van der Waals surface area contributed by atoms with E-state index in [0.717, 1.165) is 16.5 Å². The molecule has 0 amide bonds. The van der Waals surface area contributed by atoms with Crippen molar-refractivity contribution in [2.45, 2.75) is 20.4 Å². The molecule has 3 heterocycles. The molecule has 4 rings (SSSR count). The largest absolute Gasteiger partial charge is 0.294 e. The van der Waals surface area contributed by atoms with Gasteiger partial charge >= 0.3 is 0 Å². The summed E-state index contributed by atoms with van der Waals surface area (Å²) in [5, 5.41) is 17.8. The minimum Gasteiger partial charge on any atom is -0.294 e. The fraction of sp³-hybridized carbons (Fsp3) is 0.158. The lowest BCUT2D eigenvalue weighted by molar-refractivity contribution is -0.384. The van der Waals surface area contributed by atoms with Crippen LogP contribution in [0.25, 0.3) is 16.5 Å². The van der Waals surface area contributed by atoms with Crippen LogP contribution >= 0.6 is 11.3 Å². The van der Waals surface area contributed by atoms with E-state index in [0.29, 0.717) is 17.0 Å². The Morgan fingerprint density at radius 2 is 1.97 bits per heavy atom. The van der Waals surface area contributed by atoms with Crippen LogP contribution in [0.4, 0.5) is 5.69 Å². The van der Waals surface area contributed by atoms with E-state index in [1.807, 2.05) is 29.9 Å². The van der Waals surface area contributed by atoms with Crippen LogP contribution in [0.1, 0.15) is 21.7 Å². The molecule has 0 saturated carbocycles. The van der Waals surface area contributed by atoms with Crippen molar-refractivity contribution in [1.29, 1.82) is 0 Å². The first-order chi connectivity index (χ1) is 13.9. The normalized spacial score (nSPS) is 11.0. The Balaban J connectivity index is 1.54. The fourth-order valence-corrected chi connectivity index (χ4v) is 3.88. The van der Waals surface area contributed by atoms with Gasteiger partial charge in [-0.25, -0.2) is 14.6 Å². The van der Waals surface area contributed by atoms with Crippen molar-refractivity contribution in [2.24, 2.45) is 0 Å². The van der Waals surface area contributed by atoms with Gasteiger partial charge in [0.2, 0.25) is 0 Å². The molecule has 0 aliphatic heterocycles. The number of hydrogen-bond acceptors (Lipinski definition) is 7. The number of Topliss-reactive ketones (excluding diaryl/α,β-unsaturated/α-hetero) is 1. The number of aromatic nitrogens is 5. The van der Waals surface area contributed by atoms with E-state index >= 15 is 0 Å². The number of aryl methyl sites for hydroxylation is 1. The Labute approximate surface area is 169 Å². The number of thiazole rings is 1. The number of carbonyl (C=O) groups excluding carboxylic acids is 1. The quantitative estimate of drug-likeness (QED) is 0.274. The first kappa shape index (κ1) is 18.7. The molecule has 0 aliphatic carbocycles. The lowest BCUT2D eigenvalue weighted by Gasteiger charge is -2.05. The molecule has 0 radical (unpaired) electrons. The fourth-order valence-electron chi connectivity index (χ4n) is 3.13. The molecule has 146 valence electrons. The molecule has 0 N–H and O–H groups in total. The highest BCUT2D eigenvalue weighted by Crippen LogP contribution is 2.23. The van der Waals surface area contributed by atoms with E-state index in [9.17, 15) is 14.9 Å². The number of non-ortho nitro benzene ring substituents is 1. The summed E-state index contributed by atoms with van der Waals surface area (Å²) in [6.07, 6.45) is 3.21. The number of nitro groups is 1. The van der Waals surface area contributed by atoms with Gasteiger partial charge in [0, 0.05) is 46.2 Å². The zero-order chi connectivity index (χ0) is 20.5. The smallest absolute Gasteiger partial charge is 0.269 e. The molecule has 9 nitrogen and oxygen atoms in total. The van der Waals surface area contributed by atoms with Gasteiger partial charge in [-0.1, -0.05) is 0 Å². The highest BCUT2D eigenvalue weighted by atomic mass is 32.1.